The first kappa shape index (κ1) is 20.0. The van der Waals surface area contributed by atoms with Gasteiger partial charge >= 0.3 is 0 Å². The zero-order valence-corrected chi connectivity index (χ0v) is 16.2. The molecule has 1 N–H and O–H groups in total. The van der Waals surface area contributed by atoms with E-state index in [0.717, 1.165) is 5.56 Å². The number of amides is 1. The summed E-state index contributed by atoms with van der Waals surface area (Å²) in [7, 11) is 1.58. The van der Waals surface area contributed by atoms with Crippen molar-refractivity contribution in [2.45, 2.75) is 19.9 Å². The van der Waals surface area contributed by atoms with Crippen molar-refractivity contribution in [3.8, 4) is 17.1 Å². The number of aromatic nitrogens is 2. The molecule has 0 radical (unpaired) electrons. The van der Waals surface area contributed by atoms with Gasteiger partial charge in [0, 0.05) is 11.6 Å². The van der Waals surface area contributed by atoms with Crippen LogP contribution in [0.3, 0.4) is 0 Å². The molecule has 150 valence electrons. The molecule has 0 spiro atoms. The van der Waals surface area contributed by atoms with Gasteiger partial charge in [-0.15, -0.1) is 0 Å². The molecule has 1 unspecified atom stereocenters. The van der Waals surface area contributed by atoms with E-state index >= 15 is 0 Å². The average molecular weight is 396 g/mol. The minimum Gasteiger partial charge on any atom is -0.497 e. The summed E-state index contributed by atoms with van der Waals surface area (Å²) in [6.07, 6.45) is 0. The zero-order valence-electron chi connectivity index (χ0n) is 16.2. The molecule has 1 aromatic heterocycles. The Hall–Kier alpha value is -3.75. The Kier molecular flexibility index (Phi) is 5.87. The van der Waals surface area contributed by atoms with Crippen LogP contribution in [0.4, 0.5) is 5.69 Å². The fourth-order valence-corrected chi connectivity index (χ4v) is 2.78. The highest BCUT2D eigenvalue weighted by Gasteiger charge is 2.28. The van der Waals surface area contributed by atoms with Crippen LogP contribution in [0, 0.1) is 16.0 Å². The van der Waals surface area contributed by atoms with Crippen molar-refractivity contribution in [3.05, 3.63) is 70.1 Å². The second-order valence-corrected chi connectivity index (χ2v) is 6.65. The normalized spacial score (nSPS) is 11.9. The second kappa shape index (κ2) is 8.51. The van der Waals surface area contributed by atoms with Crippen molar-refractivity contribution in [3.63, 3.8) is 0 Å². The van der Waals surface area contributed by atoms with E-state index < -0.39 is 16.9 Å². The molecule has 29 heavy (non-hydrogen) atoms. The van der Waals surface area contributed by atoms with E-state index in [-0.39, 0.29) is 23.1 Å². The SMILES string of the molecule is COc1ccc(-c2noc(C(NC(=O)c3ccccc3[N+](=O)[O-])C(C)C)n2)cc1. The van der Waals surface area contributed by atoms with Crippen LogP contribution in [-0.4, -0.2) is 28.1 Å². The number of carbonyl (C=O) groups is 1. The maximum Gasteiger partial charge on any atom is 0.282 e. The number of para-hydroxylation sites is 1. The number of benzene rings is 2. The van der Waals surface area contributed by atoms with Crippen LogP contribution >= 0.6 is 0 Å². The number of nitrogens with one attached hydrogen (secondary N) is 1. The molecule has 0 bridgehead atoms. The van der Waals surface area contributed by atoms with Crippen molar-refractivity contribution >= 4 is 11.6 Å². The lowest BCUT2D eigenvalue weighted by Gasteiger charge is -2.18. The monoisotopic (exact) mass is 396 g/mol. The quantitative estimate of drug-likeness (QED) is 0.476. The van der Waals surface area contributed by atoms with Gasteiger partial charge in [-0.2, -0.15) is 4.98 Å². The molecular formula is C20H20N4O5. The van der Waals surface area contributed by atoms with Gasteiger partial charge in [0.05, 0.1) is 12.0 Å². The Balaban J connectivity index is 1.85. The Morgan fingerprint density at radius 2 is 1.86 bits per heavy atom. The van der Waals surface area contributed by atoms with Crippen molar-refractivity contribution in [2.75, 3.05) is 7.11 Å². The van der Waals surface area contributed by atoms with Gasteiger partial charge in [-0.05, 0) is 36.2 Å². The number of carbonyl (C=O) groups excluding carboxylic acids is 1. The van der Waals surface area contributed by atoms with Gasteiger partial charge in [-0.1, -0.05) is 31.1 Å². The molecule has 2 aromatic carbocycles. The topological polar surface area (TPSA) is 120 Å². The molecule has 1 amide bonds. The first-order valence-electron chi connectivity index (χ1n) is 8.93. The number of nitrogens with zero attached hydrogens (tertiary/aromatic N) is 3. The maximum absolute atomic E-state index is 12.7. The van der Waals surface area contributed by atoms with Crippen LogP contribution in [0.1, 0.15) is 36.1 Å². The summed E-state index contributed by atoms with van der Waals surface area (Å²) in [5.74, 6) is 0.617. The summed E-state index contributed by atoms with van der Waals surface area (Å²) in [5.41, 5.74) is 0.434. The van der Waals surface area contributed by atoms with Gasteiger partial charge in [0.25, 0.3) is 11.6 Å². The van der Waals surface area contributed by atoms with Crippen LogP contribution in [0.5, 0.6) is 5.75 Å². The van der Waals surface area contributed by atoms with Gasteiger partial charge < -0.3 is 14.6 Å². The van der Waals surface area contributed by atoms with Crippen LogP contribution in [0.25, 0.3) is 11.4 Å². The van der Waals surface area contributed by atoms with Gasteiger partial charge in [0.15, 0.2) is 0 Å². The molecule has 0 aliphatic rings. The highest BCUT2D eigenvalue weighted by molar-refractivity contribution is 5.98. The third kappa shape index (κ3) is 4.40. The summed E-state index contributed by atoms with van der Waals surface area (Å²) >= 11 is 0. The molecule has 3 rings (SSSR count). The number of rotatable bonds is 7. The fourth-order valence-electron chi connectivity index (χ4n) is 2.78. The van der Waals surface area contributed by atoms with Crippen molar-refractivity contribution in [1.82, 2.24) is 15.5 Å². The number of nitro benzene ring substituents is 1. The Labute approximate surface area is 166 Å². The average Bonchev–Trinajstić information content (AvgIpc) is 3.21. The Bertz CT molecular complexity index is 1010. The number of methoxy groups -OCH3 is 1. The van der Waals surface area contributed by atoms with Crippen molar-refractivity contribution < 1.29 is 19.0 Å². The lowest BCUT2D eigenvalue weighted by molar-refractivity contribution is -0.385. The summed E-state index contributed by atoms with van der Waals surface area (Å²) in [6, 6.07) is 12.3. The molecule has 9 heteroatoms. The minimum absolute atomic E-state index is 0.0296. The summed E-state index contributed by atoms with van der Waals surface area (Å²) in [4.78, 5) is 27.7. The summed E-state index contributed by atoms with van der Waals surface area (Å²) in [5, 5.41) is 17.9. The molecule has 9 nitrogen and oxygen atoms in total. The molecule has 1 heterocycles. The van der Waals surface area contributed by atoms with E-state index in [0.29, 0.717) is 11.6 Å². The number of ether oxygens (including phenoxy) is 1. The lowest BCUT2D eigenvalue weighted by atomic mass is 10.0. The number of hydrogen-bond acceptors (Lipinski definition) is 7. The molecule has 0 fully saturated rings. The first-order chi connectivity index (χ1) is 13.9. The predicted molar refractivity (Wildman–Crippen MR) is 104 cm³/mol. The largest absolute Gasteiger partial charge is 0.497 e. The van der Waals surface area contributed by atoms with E-state index in [2.05, 4.69) is 15.5 Å². The highest BCUT2D eigenvalue weighted by atomic mass is 16.6. The van der Waals surface area contributed by atoms with Gasteiger partial charge in [0.2, 0.25) is 11.7 Å². The molecule has 0 saturated heterocycles. The van der Waals surface area contributed by atoms with Gasteiger partial charge in [-0.3, -0.25) is 14.9 Å². The van der Waals surface area contributed by atoms with Crippen LogP contribution in [0.15, 0.2) is 53.1 Å². The summed E-state index contributed by atoms with van der Waals surface area (Å²) in [6.45, 7) is 3.75. The predicted octanol–water partition coefficient (Wildman–Crippen LogP) is 3.78. The van der Waals surface area contributed by atoms with Gasteiger partial charge in [0.1, 0.15) is 17.4 Å². The van der Waals surface area contributed by atoms with E-state index in [9.17, 15) is 14.9 Å². The Morgan fingerprint density at radius 1 is 1.17 bits per heavy atom. The van der Waals surface area contributed by atoms with Crippen molar-refractivity contribution in [2.24, 2.45) is 5.92 Å². The molecule has 0 saturated carbocycles. The fraction of sp³-hybridized carbons (Fsp3) is 0.250. The van der Waals surface area contributed by atoms with E-state index in [1.165, 1.54) is 18.2 Å². The number of nitro groups is 1. The Morgan fingerprint density at radius 3 is 2.48 bits per heavy atom. The molecule has 0 aliphatic carbocycles. The first-order valence-corrected chi connectivity index (χ1v) is 8.93. The third-order valence-corrected chi connectivity index (χ3v) is 4.35. The van der Waals surface area contributed by atoms with E-state index in [4.69, 9.17) is 9.26 Å². The molecule has 1 atom stereocenters. The van der Waals surface area contributed by atoms with Crippen LogP contribution in [0.2, 0.25) is 0 Å². The molecule has 0 aliphatic heterocycles. The maximum atomic E-state index is 12.7. The number of hydrogen-bond donors (Lipinski definition) is 1. The minimum atomic E-state index is -0.609. The lowest BCUT2D eigenvalue weighted by Crippen LogP contribution is -2.32. The van der Waals surface area contributed by atoms with E-state index in [1.54, 1.807) is 37.4 Å². The zero-order chi connectivity index (χ0) is 21.0. The third-order valence-electron chi connectivity index (χ3n) is 4.35. The van der Waals surface area contributed by atoms with Crippen LogP contribution < -0.4 is 10.1 Å². The molecular weight excluding hydrogens is 376 g/mol. The smallest absolute Gasteiger partial charge is 0.282 e. The van der Waals surface area contributed by atoms with E-state index in [1.807, 2.05) is 13.8 Å². The highest BCUT2D eigenvalue weighted by Crippen LogP contribution is 2.26. The van der Waals surface area contributed by atoms with Gasteiger partial charge in [-0.25, -0.2) is 0 Å². The standard InChI is InChI=1S/C20H20N4O5/c1-12(2)17(21-19(25)15-6-4-5-7-16(15)24(26)27)20-22-18(23-29-20)13-8-10-14(28-3)11-9-13/h4-12,17H,1-3H3,(H,21,25). The van der Waals surface area contributed by atoms with Crippen LogP contribution in [-0.2, 0) is 0 Å². The van der Waals surface area contributed by atoms with Crippen molar-refractivity contribution in [1.29, 1.82) is 0 Å². The summed E-state index contributed by atoms with van der Waals surface area (Å²) < 4.78 is 10.5. The second-order valence-electron chi connectivity index (χ2n) is 6.65. The molecule has 3 aromatic rings.